The molecule has 1 fully saturated rings. The summed E-state index contributed by atoms with van der Waals surface area (Å²) in [5.74, 6) is -3.20. The Balaban J connectivity index is 2.00. The minimum absolute atomic E-state index is 0.166. The lowest BCUT2D eigenvalue weighted by Crippen LogP contribution is -2.56. The van der Waals surface area contributed by atoms with Crippen molar-refractivity contribution in [3.05, 3.63) is 39.7 Å². The molecule has 7 heteroatoms. The number of anilines is 1. The first-order valence-corrected chi connectivity index (χ1v) is 7.07. The molecule has 1 saturated heterocycles. The quantitative estimate of drug-likeness (QED) is 0.640. The molecule has 1 aliphatic rings. The van der Waals surface area contributed by atoms with Gasteiger partial charge in [-0.05, 0) is 24.6 Å². The van der Waals surface area contributed by atoms with Crippen LogP contribution in [-0.4, -0.2) is 32.1 Å². The molecule has 0 saturated carbocycles. The van der Waals surface area contributed by atoms with Crippen LogP contribution >= 0.6 is 0 Å². The maximum atomic E-state index is 13.0. The molecule has 0 atom stereocenters. The molecule has 0 spiro atoms. The zero-order chi connectivity index (χ0) is 16.8. The van der Waals surface area contributed by atoms with Gasteiger partial charge in [0.2, 0.25) is 0 Å². The van der Waals surface area contributed by atoms with E-state index in [1.807, 2.05) is 0 Å². The molecule has 2 aromatic rings. The van der Waals surface area contributed by atoms with Crippen LogP contribution in [0.1, 0.15) is 11.1 Å². The molecule has 0 N–H and O–H groups in total. The molecule has 122 valence electrons. The van der Waals surface area contributed by atoms with E-state index in [1.165, 1.54) is 12.0 Å². The third-order valence-corrected chi connectivity index (χ3v) is 4.03. The summed E-state index contributed by atoms with van der Waals surface area (Å²) in [4.78, 5) is 25.0. The van der Waals surface area contributed by atoms with Gasteiger partial charge in [0.05, 0.1) is 32.2 Å². The van der Waals surface area contributed by atoms with Gasteiger partial charge in [0, 0.05) is 17.1 Å². The van der Waals surface area contributed by atoms with E-state index >= 15 is 0 Å². The summed E-state index contributed by atoms with van der Waals surface area (Å²) in [6.45, 7) is 1.03. The average Bonchev–Trinajstić information content (AvgIpc) is 2.48. The van der Waals surface area contributed by atoms with Crippen LogP contribution in [-0.2, 0) is 16.0 Å². The molecule has 0 unspecified atom stereocenters. The van der Waals surface area contributed by atoms with E-state index < -0.39 is 17.5 Å². The number of alkyl halides is 2. The van der Waals surface area contributed by atoms with Crippen LogP contribution in [0.15, 0.2) is 27.4 Å². The normalized spacial score (nSPS) is 16.3. The Morgan fingerprint density at radius 3 is 2.70 bits per heavy atom. The lowest BCUT2D eigenvalue weighted by molar-refractivity contribution is -0.139. The Kier molecular flexibility index (Phi) is 3.58. The van der Waals surface area contributed by atoms with Gasteiger partial charge in [-0.1, -0.05) is 0 Å². The fourth-order valence-electron chi connectivity index (χ4n) is 2.70. The first kappa shape index (κ1) is 15.5. The largest absolute Gasteiger partial charge is 0.469 e. The van der Waals surface area contributed by atoms with Crippen molar-refractivity contribution in [2.75, 3.05) is 25.1 Å². The molecule has 0 aliphatic carbocycles. The first-order chi connectivity index (χ1) is 10.8. The van der Waals surface area contributed by atoms with Crippen LogP contribution in [0.5, 0.6) is 0 Å². The minimum Gasteiger partial charge on any atom is -0.469 e. The molecule has 3 rings (SSSR count). The van der Waals surface area contributed by atoms with Crippen LogP contribution in [0.25, 0.3) is 11.0 Å². The number of carbonyl (C=O) groups is 1. The molecule has 0 bridgehead atoms. The van der Waals surface area contributed by atoms with Gasteiger partial charge in [-0.3, -0.25) is 4.79 Å². The van der Waals surface area contributed by atoms with E-state index in [-0.39, 0.29) is 25.1 Å². The minimum atomic E-state index is -2.67. The topological polar surface area (TPSA) is 59.8 Å². The zero-order valence-corrected chi connectivity index (χ0v) is 12.7. The lowest BCUT2D eigenvalue weighted by Gasteiger charge is -2.40. The molecule has 23 heavy (non-hydrogen) atoms. The Hall–Kier alpha value is -2.44. The van der Waals surface area contributed by atoms with Crippen LogP contribution < -0.4 is 10.5 Å². The third-order valence-electron chi connectivity index (χ3n) is 4.03. The smallest absolute Gasteiger partial charge is 0.340 e. The van der Waals surface area contributed by atoms with Crippen molar-refractivity contribution in [3.8, 4) is 0 Å². The number of fused-ring (bicyclic) bond motifs is 1. The fourth-order valence-corrected chi connectivity index (χ4v) is 2.70. The number of aryl methyl sites for hydroxylation is 1. The average molecular weight is 323 g/mol. The summed E-state index contributed by atoms with van der Waals surface area (Å²) in [6, 6.07) is 4.98. The van der Waals surface area contributed by atoms with E-state index in [9.17, 15) is 18.4 Å². The number of benzene rings is 1. The highest BCUT2D eigenvalue weighted by molar-refractivity contribution is 5.85. The summed E-state index contributed by atoms with van der Waals surface area (Å²) in [5.41, 5.74) is 1.14. The molecular formula is C16H15F2NO4. The molecule has 1 aromatic carbocycles. The van der Waals surface area contributed by atoms with E-state index in [0.29, 0.717) is 22.2 Å². The summed E-state index contributed by atoms with van der Waals surface area (Å²) < 4.78 is 35.8. The molecule has 2 heterocycles. The maximum absolute atomic E-state index is 13.0. The standard InChI is InChI=1S/C16H15F2NO4/c1-9-11-4-3-10(19-7-16(17,18)8-19)5-13(11)23-15(21)12(9)6-14(20)22-2/h3-5H,6-8H2,1-2H3. The predicted octanol–water partition coefficient (Wildman–Crippen LogP) is 2.27. The number of esters is 1. The van der Waals surface area contributed by atoms with Crippen molar-refractivity contribution < 1.29 is 22.7 Å². The van der Waals surface area contributed by atoms with Gasteiger partial charge in [0.25, 0.3) is 5.92 Å². The van der Waals surface area contributed by atoms with Crippen molar-refractivity contribution in [2.45, 2.75) is 19.3 Å². The first-order valence-electron chi connectivity index (χ1n) is 7.07. The van der Waals surface area contributed by atoms with Gasteiger partial charge in [0.15, 0.2) is 0 Å². The second-order valence-corrected chi connectivity index (χ2v) is 5.64. The monoisotopic (exact) mass is 323 g/mol. The summed E-state index contributed by atoms with van der Waals surface area (Å²) >= 11 is 0. The van der Waals surface area contributed by atoms with Crippen LogP contribution in [0.3, 0.4) is 0 Å². The summed E-state index contributed by atoms with van der Waals surface area (Å²) in [6.07, 6.45) is -0.166. The number of hydrogen-bond acceptors (Lipinski definition) is 5. The molecule has 0 radical (unpaired) electrons. The van der Waals surface area contributed by atoms with Gasteiger partial charge in [0.1, 0.15) is 5.58 Å². The fraction of sp³-hybridized carbons (Fsp3) is 0.375. The van der Waals surface area contributed by atoms with E-state index in [4.69, 9.17) is 4.42 Å². The van der Waals surface area contributed by atoms with Gasteiger partial charge < -0.3 is 14.1 Å². The van der Waals surface area contributed by atoms with Crippen molar-refractivity contribution >= 4 is 22.6 Å². The number of ether oxygens (including phenoxy) is 1. The second kappa shape index (κ2) is 5.33. The van der Waals surface area contributed by atoms with Crippen LogP contribution in [0, 0.1) is 6.92 Å². The molecular weight excluding hydrogens is 308 g/mol. The van der Waals surface area contributed by atoms with Crippen molar-refractivity contribution in [1.29, 1.82) is 0 Å². The maximum Gasteiger partial charge on any atom is 0.340 e. The highest BCUT2D eigenvalue weighted by Crippen LogP contribution is 2.33. The number of rotatable bonds is 3. The molecule has 5 nitrogen and oxygen atoms in total. The molecule has 1 aromatic heterocycles. The predicted molar refractivity (Wildman–Crippen MR) is 80.1 cm³/mol. The third kappa shape index (κ3) is 2.78. The van der Waals surface area contributed by atoms with Gasteiger partial charge in [-0.2, -0.15) is 0 Å². The van der Waals surface area contributed by atoms with Crippen LogP contribution in [0.4, 0.5) is 14.5 Å². The molecule has 1 aliphatic heterocycles. The SMILES string of the molecule is COC(=O)Cc1c(C)c2ccc(N3CC(F)(F)C3)cc2oc1=O. The number of nitrogens with zero attached hydrogens (tertiary/aromatic N) is 1. The van der Waals surface area contributed by atoms with E-state index in [2.05, 4.69) is 4.74 Å². The highest BCUT2D eigenvalue weighted by atomic mass is 19.3. The number of halogens is 2. The number of carbonyl (C=O) groups excluding carboxylic acids is 1. The number of hydrogen-bond donors (Lipinski definition) is 0. The summed E-state index contributed by atoms with van der Waals surface area (Å²) in [5, 5.41) is 0.666. The van der Waals surface area contributed by atoms with Crippen molar-refractivity contribution in [2.24, 2.45) is 0 Å². The lowest BCUT2D eigenvalue weighted by atomic mass is 10.0. The molecule has 0 amide bonds. The zero-order valence-electron chi connectivity index (χ0n) is 12.7. The van der Waals surface area contributed by atoms with E-state index in [0.717, 1.165) is 0 Å². The van der Waals surface area contributed by atoms with Crippen LogP contribution in [0.2, 0.25) is 0 Å². The Labute approximate surface area is 130 Å². The van der Waals surface area contributed by atoms with Crippen molar-refractivity contribution in [3.63, 3.8) is 0 Å². The van der Waals surface area contributed by atoms with Crippen molar-refractivity contribution in [1.82, 2.24) is 0 Å². The van der Waals surface area contributed by atoms with Gasteiger partial charge >= 0.3 is 11.6 Å². The summed E-state index contributed by atoms with van der Waals surface area (Å²) in [7, 11) is 1.25. The van der Waals surface area contributed by atoms with Gasteiger partial charge in [-0.15, -0.1) is 0 Å². The highest BCUT2D eigenvalue weighted by Gasteiger charge is 2.44. The second-order valence-electron chi connectivity index (χ2n) is 5.64. The van der Waals surface area contributed by atoms with E-state index in [1.54, 1.807) is 25.1 Å². The number of methoxy groups -OCH3 is 1. The Morgan fingerprint density at radius 2 is 2.09 bits per heavy atom. The Bertz CT molecular complexity index is 836. The van der Waals surface area contributed by atoms with Gasteiger partial charge in [-0.25, -0.2) is 13.6 Å². The Morgan fingerprint density at radius 1 is 1.39 bits per heavy atom.